The molecule has 0 saturated heterocycles. The molecule has 0 aliphatic carbocycles. The SMILES string of the molecule is CCC(C)OCCOCCOCCOCC(=O)O.CCC(C)OCCOCCOCCOCC(=O)O.[Zn]. The number of aliphatic carboxylic acids is 2. The number of hydrogen-bond donors (Lipinski definition) is 2. The molecule has 0 fully saturated rings. The zero-order chi connectivity index (χ0) is 27.3. The smallest absolute Gasteiger partial charge is 0.329 e. The monoisotopic (exact) mass is 592 g/mol. The summed E-state index contributed by atoms with van der Waals surface area (Å²) in [5.41, 5.74) is 0. The average Bonchev–Trinajstić information content (AvgIpc) is 2.85. The van der Waals surface area contributed by atoms with Gasteiger partial charge >= 0.3 is 11.9 Å². The van der Waals surface area contributed by atoms with Crippen molar-refractivity contribution in [1.29, 1.82) is 0 Å². The summed E-state index contributed by atoms with van der Waals surface area (Å²) in [6, 6.07) is 0. The van der Waals surface area contributed by atoms with Gasteiger partial charge in [0.1, 0.15) is 13.2 Å². The predicted molar refractivity (Wildman–Crippen MR) is 132 cm³/mol. The van der Waals surface area contributed by atoms with Crippen molar-refractivity contribution in [1.82, 2.24) is 0 Å². The third-order valence-corrected chi connectivity index (χ3v) is 4.35. The molecule has 0 aromatic heterocycles. The number of rotatable bonds is 26. The van der Waals surface area contributed by atoms with Gasteiger partial charge < -0.3 is 48.1 Å². The molecule has 0 spiro atoms. The second-order valence-corrected chi connectivity index (χ2v) is 7.52. The first-order valence-electron chi connectivity index (χ1n) is 12.5. The van der Waals surface area contributed by atoms with Crippen LogP contribution in [0.5, 0.6) is 0 Å². The van der Waals surface area contributed by atoms with Crippen LogP contribution in [-0.2, 0) is 67.0 Å². The van der Waals surface area contributed by atoms with E-state index in [1.54, 1.807) is 0 Å². The summed E-state index contributed by atoms with van der Waals surface area (Å²) in [7, 11) is 0. The number of hydrogen-bond acceptors (Lipinski definition) is 10. The van der Waals surface area contributed by atoms with Crippen molar-refractivity contribution in [3.8, 4) is 0 Å². The summed E-state index contributed by atoms with van der Waals surface area (Å²) in [6.45, 7) is 13.2. The van der Waals surface area contributed by atoms with Crippen molar-refractivity contribution in [2.75, 3.05) is 92.5 Å². The van der Waals surface area contributed by atoms with Crippen LogP contribution in [0.15, 0.2) is 0 Å². The fourth-order valence-corrected chi connectivity index (χ4v) is 2.05. The average molecular weight is 594 g/mol. The molecule has 0 aromatic rings. The van der Waals surface area contributed by atoms with E-state index in [0.29, 0.717) is 66.1 Å². The van der Waals surface area contributed by atoms with E-state index in [0.717, 1.165) is 12.8 Å². The molecule has 0 radical (unpaired) electrons. The van der Waals surface area contributed by atoms with Crippen LogP contribution in [0.2, 0.25) is 0 Å². The second kappa shape index (κ2) is 33.3. The van der Waals surface area contributed by atoms with Gasteiger partial charge in [-0.25, -0.2) is 9.59 Å². The summed E-state index contributed by atoms with van der Waals surface area (Å²) in [5, 5.41) is 16.6. The predicted octanol–water partition coefficient (Wildman–Crippen LogP) is 1.87. The molecule has 2 atom stereocenters. The van der Waals surface area contributed by atoms with Crippen LogP contribution in [0, 0.1) is 0 Å². The summed E-state index contributed by atoms with van der Waals surface area (Å²) >= 11 is 0. The van der Waals surface area contributed by atoms with Crippen molar-refractivity contribution in [2.24, 2.45) is 0 Å². The van der Waals surface area contributed by atoms with E-state index < -0.39 is 11.9 Å². The van der Waals surface area contributed by atoms with E-state index in [1.807, 2.05) is 13.8 Å². The zero-order valence-corrected chi connectivity index (χ0v) is 26.1. The van der Waals surface area contributed by atoms with Crippen molar-refractivity contribution in [3.63, 3.8) is 0 Å². The summed E-state index contributed by atoms with van der Waals surface area (Å²) < 4.78 is 41.4. The number of carboxylic acids is 2. The molecule has 37 heavy (non-hydrogen) atoms. The fraction of sp³-hybridized carbons (Fsp3) is 0.917. The van der Waals surface area contributed by atoms with Crippen LogP contribution in [0.3, 0.4) is 0 Å². The molecule has 0 aliphatic rings. The Balaban J connectivity index is -0.000000608. The molecule has 0 saturated carbocycles. The van der Waals surface area contributed by atoms with Gasteiger partial charge in [-0.2, -0.15) is 0 Å². The molecule has 2 N–H and O–H groups in total. The Labute approximate surface area is 234 Å². The van der Waals surface area contributed by atoms with E-state index in [9.17, 15) is 9.59 Å². The van der Waals surface area contributed by atoms with E-state index in [-0.39, 0.29) is 58.1 Å². The Hall–Kier alpha value is -0.757. The summed E-state index contributed by atoms with van der Waals surface area (Å²) in [4.78, 5) is 20.2. The molecule has 0 rings (SSSR count). The molecule has 0 bridgehead atoms. The molecule has 0 heterocycles. The molecule has 13 heteroatoms. The van der Waals surface area contributed by atoms with Gasteiger partial charge in [0.2, 0.25) is 0 Å². The Kier molecular flexibility index (Phi) is 36.6. The third-order valence-electron chi connectivity index (χ3n) is 4.35. The third kappa shape index (κ3) is 39.9. The van der Waals surface area contributed by atoms with E-state index in [1.165, 1.54) is 0 Å². The second-order valence-electron chi connectivity index (χ2n) is 7.52. The molecule has 2 unspecified atom stereocenters. The van der Waals surface area contributed by atoms with E-state index >= 15 is 0 Å². The van der Waals surface area contributed by atoms with Crippen LogP contribution in [-0.4, -0.2) is 127 Å². The molecule has 0 aliphatic heterocycles. The number of carboxylic acid groups (broad SMARTS) is 2. The molecule has 0 amide bonds. The fourth-order valence-electron chi connectivity index (χ4n) is 2.05. The van der Waals surface area contributed by atoms with Crippen LogP contribution in [0.4, 0.5) is 0 Å². The van der Waals surface area contributed by atoms with Gasteiger partial charge in [-0.3, -0.25) is 0 Å². The minimum absolute atomic E-state index is 0. The Morgan fingerprint density at radius 3 is 1.00 bits per heavy atom. The van der Waals surface area contributed by atoms with Crippen molar-refractivity contribution in [2.45, 2.75) is 52.7 Å². The number of ether oxygens (including phenoxy) is 8. The normalized spacial score (nSPS) is 12.2. The van der Waals surface area contributed by atoms with Gasteiger partial charge in [0.25, 0.3) is 0 Å². The minimum Gasteiger partial charge on any atom is -0.480 e. The maximum Gasteiger partial charge on any atom is 0.329 e. The van der Waals surface area contributed by atoms with Crippen LogP contribution in [0.25, 0.3) is 0 Å². The van der Waals surface area contributed by atoms with Crippen molar-refractivity contribution in [3.05, 3.63) is 0 Å². The first-order valence-corrected chi connectivity index (χ1v) is 12.5. The first kappa shape index (κ1) is 40.7. The zero-order valence-electron chi connectivity index (χ0n) is 23.2. The largest absolute Gasteiger partial charge is 0.480 e. The van der Waals surface area contributed by atoms with Crippen LogP contribution < -0.4 is 0 Å². The van der Waals surface area contributed by atoms with Gasteiger partial charge in [-0.1, -0.05) is 13.8 Å². The van der Waals surface area contributed by atoms with Crippen LogP contribution >= 0.6 is 0 Å². The standard InChI is InChI=1S/2C12H24O6.Zn/c2*1-3-11(2)18-9-8-16-5-4-15-6-7-17-10-12(13)14;/h2*11H,3-10H2,1-2H3,(H,13,14);. The summed E-state index contributed by atoms with van der Waals surface area (Å²) in [6.07, 6.45) is 2.55. The maximum atomic E-state index is 10.1. The van der Waals surface area contributed by atoms with Gasteiger partial charge in [0.05, 0.1) is 91.5 Å². The molecule has 218 valence electrons. The molecular weight excluding hydrogens is 546 g/mol. The van der Waals surface area contributed by atoms with Gasteiger partial charge in [0.15, 0.2) is 0 Å². The van der Waals surface area contributed by atoms with Gasteiger partial charge in [-0.05, 0) is 26.7 Å². The van der Waals surface area contributed by atoms with Crippen molar-refractivity contribution >= 4 is 11.9 Å². The topological polar surface area (TPSA) is 148 Å². The Morgan fingerprint density at radius 2 is 0.757 bits per heavy atom. The van der Waals surface area contributed by atoms with Crippen LogP contribution in [0.1, 0.15) is 40.5 Å². The molecule has 12 nitrogen and oxygen atoms in total. The van der Waals surface area contributed by atoms with E-state index in [4.69, 9.17) is 48.1 Å². The maximum absolute atomic E-state index is 10.1. The Bertz CT molecular complexity index is 443. The Morgan fingerprint density at radius 1 is 0.514 bits per heavy atom. The van der Waals surface area contributed by atoms with E-state index in [2.05, 4.69) is 13.8 Å². The molecular formula is C24H48O12Zn. The van der Waals surface area contributed by atoms with Gasteiger partial charge in [0, 0.05) is 19.5 Å². The first-order chi connectivity index (χ1) is 17.3. The quantitative estimate of drug-likeness (QED) is 0.111. The van der Waals surface area contributed by atoms with Crippen molar-refractivity contribution < 1.29 is 77.2 Å². The number of carbonyl (C=O) groups is 2. The molecule has 0 aromatic carbocycles. The summed E-state index contributed by atoms with van der Waals surface area (Å²) in [5.74, 6) is -1.95. The minimum atomic E-state index is -0.973. The van der Waals surface area contributed by atoms with Gasteiger partial charge in [-0.15, -0.1) is 0 Å².